The Balaban J connectivity index is 1.58. The van der Waals surface area contributed by atoms with Crippen LogP contribution in [0.1, 0.15) is 11.1 Å². The van der Waals surface area contributed by atoms with Crippen molar-refractivity contribution in [1.82, 2.24) is 9.80 Å². The van der Waals surface area contributed by atoms with Gasteiger partial charge in [-0.25, -0.2) is 9.18 Å². The Morgan fingerprint density at radius 3 is 2.39 bits per heavy atom. The van der Waals surface area contributed by atoms with E-state index in [-0.39, 0.29) is 37.2 Å². The van der Waals surface area contributed by atoms with E-state index < -0.39 is 17.8 Å². The van der Waals surface area contributed by atoms with E-state index in [1.807, 2.05) is 0 Å². The number of carbonyl (C=O) groups excluding carboxylic acids is 2. The summed E-state index contributed by atoms with van der Waals surface area (Å²) in [6.45, 7) is 3.53. The van der Waals surface area contributed by atoms with Crippen LogP contribution in [0.5, 0.6) is 0 Å². The molecular formula is C29H25ClFN3O4. The first-order valence-corrected chi connectivity index (χ1v) is 12.2. The Hall–Kier alpha value is -4.43. The van der Waals surface area contributed by atoms with Crippen molar-refractivity contribution >= 4 is 40.2 Å². The van der Waals surface area contributed by atoms with E-state index in [4.69, 9.17) is 16.0 Å². The Morgan fingerprint density at radius 1 is 0.974 bits per heavy atom. The molecule has 0 atom stereocenters. The summed E-state index contributed by atoms with van der Waals surface area (Å²) in [5.41, 5.74) is 1.63. The van der Waals surface area contributed by atoms with Crippen LogP contribution in [0.4, 0.5) is 14.9 Å². The number of carbonyl (C=O) groups is 2. The van der Waals surface area contributed by atoms with Crippen LogP contribution in [0.25, 0.3) is 11.0 Å². The van der Waals surface area contributed by atoms with E-state index in [1.54, 1.807) is 60.7 Å². The van der Waals surface area contributed by atoms with Crippen LogP contribution >= 0.6 is 11.6 Å². The topological polar surface area (TPSA) is 82.9 Å². The van der Waals surface area contributed by atoms with Crippen molar-refractivity contribution < 1.29 is 18.4 Å². The second-order valence-electron chi connectivity index (χ2n) is 8.57. The molecule has 0 fully saturated rings. The largest absolute Gasteiger partial charge is 0.464 e. The predicted molar refractivity (Wildman–Crippen MR) is 145 cm³/mol. The molecule has 7 nitrogen and oxygen atoms in total. The van der Waals surface area contributed by atoms with Gasteiger partial charge in [-0.05, 0) is 54.1 Å². The number of anilines is 1. The zero-order valence-corrected chi connectivity index (χ0v) is 21.2. The highest BCUT2D eigenvalue weighted by Crippen LogP contribution is 2.16. The molecule has 0 spiro atoms. The zero-order valence-electron chi connectivity index (χ0n) is 20.4. The molecule has 0 bridgehead atoms. The number of urea groups is 1. The fraction of sp³-hybridized carbons (Fsp3) is 0.138. The lowest BCUT2D eigenvalue weighted by molar-refractivity contribution is -0.133. The molecule has 0 aliphatic heterocycles. The molecule has 0 saturated heterocycles. The molecule has 4 aromatic rings. The molecule has 0 aliphatic carbocycles. The van der Waals surface area contributed by atoms with E-state index in [1.165, 1.54) is 34.3 Å². The van der Waals surface area contributed by atoms with Gasteiger partial charge in [0.05, 0.1) is 23.8 Å². The summed E-state index contributed by atoms with van der Waals surface area (Å²) in [4.78, 5) is 42.3. The molecule has 38 heavy (non-hydrogen) atoms. The number of hydrogen-bond donors (Lipinski definition) is 1. The van der Waals surface area contributed by atoms with E-state index >= 15 is 0 Å². The van der Waals surface area contributed by atoms with Crippen LogP contribution in [0.15, 0.2) is 101 Å². The maximum absolute atomic E-state index is 13.5. The predicted octanol–water partition coefficient (Wildman–Crippen LogP) is 5.83. The summed E-state index contributed by atoms with van der Waals surface area (Å²) in [5, 5.41) is 3.66. The Morgan fingerprint density at radius 2 is 1.68 bits per heavy atom. The highest BCUT2D eigenvalue weighted by atomic mass is 35.5. The van der Waals surface area contributed by atoms with Crippen molar-refractivity contribution in [3.63, 3.8) is 0 Å². The van der Waals surface area contributed by atoms with Gasteiger partial charge in [0, 0.05) is 23.8 Å². The quantitative estimate of drug-likeness (QED) is 0.274. The van der Waals surface area contributed by atoms with Crippen LogP contribution in [-0.4, -0.2) is 34.8 Å². The average molecular weight is 534 g/mol. The lowest BCUT2D eigenvalue weighted by atomic mass is 10.1. The second kappa shape index (κ2) is 12.2. The van der Waals surface area contributed by atoms with Crippen molar-refractivity contribution in [3.05, 3.63) is 124 Å². The van der Waals surface area contributed by atoms with Crippen molar-refractivity contribution in [2.24, 2.45) is 0 Å². The maximum atomic E-state index is 13.5. The van der Waals surface area contributed by atoms with E-state index in [0.29, 0.717) is 27.2 Å². The molecule has 1 aromatic heterocycles. The van der Waals surface area contributed by atoms with Gasteiger partial charge in [-0.2, -0.15) is 0 Å². The second-order valence-corrected chi connectivity index (χ2v) is 9.01. The normalized spacial score (nSPS) is 10.7. The number of halogens is 2. The number of rotatable bonds is 9. The van der Waals surface area contributed by atoms with Gasteiger partial charge in [-0.3, -0.25) is 9.59 Å². The molecule has 3 amide bonds. The van der Waals surface area contributed by atoms with Gasteiger partial charge in [0.15, 0.2) is 5.43 Å². The highest BCUT2D eigenvalue weighted by molar-refractivity contribution is 6.30. The van der Waals surface area contributed by atoms with Crippen LogP contribution in [-0.2, 0) is 17.9 Å². The van der Waals surface area contributed by atoms with Gasteiger partial charge in [0.25, 0.3) is 0 Å². The van der Waals surface area contributed by atoms with Gasteiger partial charge in [-0.15, -0.1) is 6.58 Å². The maximum Gasteiger partial charge on any atom is 0.322 e. The molecule has 194 valence electrons. The van der Waals surface area contributed by atoms with Gasteiger partial charge in [0.1, 0.15) is 17.9 Å². The van der Waals surface area contributed by atoms with Crippen molar-refractivity contribution in [1.29, 1.82) is 0 Å². The molecule has 9 heteroatoms. The summed E-state index contributed by atoms with van der Waals surface area (Å²) in [6, 6.07) is 18.6. The third-order valence-corrected chi connectivity index (χ3v) is 6.06. The minimum Gasteiger partial charge on any atom is -0.464 e. The molecule has 1 heterocycles. The highest BCUT2D eigenvalue weighted by Gasteiger charge is 2.23. The number of para-hydroxylation sites is 1. The fourth-order valence-corrected chi connectivity index (χ4v) is 3.98. The molecule has 0 aliphatic rings. The minimum atomic E-state index is -0.507. The first-order chi connectivity index (χ1) is 18.3. The summed E-state index contributed by atoms with van der Waals surface area (Å²) in [7, 11) is 0. The fourth-order valence-electron chi connectivity index (χ4n) is 3.85. The minimum absolute atomic E-state index is 0.0654. The first-order valence-electron chi connectivity index (χ1n) is 11.8. The molecule has 0 radical (unpaired) electrons. The summed E-state index contributed by atoms with van der Waals surface area (Å²) in [6.07, 6.45) is 2.85. The lowest BCUT2D eigenvalue weighted by Gasteiger charge is -2.27. The average Bonchev–Trinajstić information content (AvgIpc) is 2.92. The van der Waals surface area contributed by atoms with E-state index in [2.05, 4.69) is 11.9 Å². The Kier molecular flexibility index (Phi) is 8.55. The van der Waals surface area contributed by atoms with Crippen molar-refractivity contribution in [2.75, 3.05) is 18.4 Å². The summed E-state index contributed by atoms with van der Waals surface area (Å²) < 4.78 is 19.1. The van der Waals surface area contributed by atoms with E-state index in [9.17, 15) is 18.8 Å². The number of nitrogens with zero attached hydrogens (tertiary/aromatic N) is 2. The monoisotopic (exact) mass is 533 g/mol. The standard InChI is InChI=1S/C29H25ClFN3O4/c1-2-15-33(29(37)32-24-13-9-22(30)10-14-24)18-27(35)34(16-20-7-11-23(31)12-8-20)17-21-19-38-26-6-4-3-5-25(26)28(21)36/h2-14,19H,1,15-18H2,(H,32,37). The smallest absolute Gasteiger partial charge is 0.322 e. The number of benzene rings is 3. The zero-order chi connectivity index (χ0) is 27.1. The van der Waals surface area contributed by atoms with Crippen LogP contribution in [0.2, 0.25) is 5.02 Å². The molecule has 4 rings (SSSR count). The van der Waals surface area contributed by atoms with Crippen molar-refractivity contribution in [3.8, 4) is 0 Å². The van der Waals surface area contributed by atoms with Gasteiger partial charge >= 0.3 is 6.03 Å². The van der Waals surface area contributed by atoms with Crippen LogP contribution in [0.3, 0.4) is 0 Å². The van der Waals surface area contributed by atoms with Gasteiger partial charge in [0.2, 0.25) is 5.91 Å². The third-order valence-electron chi connectivity index (χ3n) is 5.81. The summed E-state index contributed by atoms with van der Waals surface area (Å²) >= 11 is 5.91. The van der Waals surface area contributed by atoms with Gasteiger partial charge < -0.3 is 19.5 Å². The summed E-state index contributed by atoms with van der Waals surface area (Å²) in [5.74, 6) is -0.826. The van der Waals surface area contributed by atoms with Crippen LogP contribution < -0.4 is 10.7 Å². The Labute approximate surface area is 223 Å². The number of hydrogen-bond acceptors (Lipinski definition) is 4. The Bertz CT molecular complexity index is 1500. The number of fused-ring (bicyclic) bond motifs is 1. The molecular weight excluding hydrogens is 509 g/mol. The molecule has 0 saturated carbocycles. The van der Waals surface area contributed by atoms with Gasteiger partial charge in [-0.1, -0.05) is 41.9 Å². The first kappa shape index (κ1) is 26.6. The van der Waals surface area contributed by atoms with Crippen molar-refractivity contribution in [2.45, 2.75) is 13.1 Å². The SMILES string of the molecule is C=CCN(CC(=O)N(Cc1ccc(F)cc1)Cc1coc2ccccc2c1=O)C(=O)Nc1ccc(Cl)cc1. The number of amides is 3. The molecule has 3 aromatic carbocycles. The molecule has 0 unspecified atom stereocenters. The third kappa shape index (κ3) is 6.66. The van der Waals surface area contributed by atoms with Crippen LogP contribution in [0, 0.1) is 5.82 Å². The molecule has 1 N–H and O–H groups in total. The van der Waals surface area contributed by atoms with E-state index in [0.717, 1.165) is 0 Å². The lowest BCUT2D eigenvalue weighted by Crippen LogP contribution is -2.44. The number of nitrogens with one attached hydrogen (secondary N) is 1.